The third-order valence-corrected chi connectivity index (χ3v) is 7.38. The standard InChI is InChI=1S/C26H27N3O6/c30-22-12-21(24(32)33)29(28-22)23(31)13-26(10-5-11-26)15-27-25(34)35-14-20-18-8-3-1-6-16(18)17-7-2-4-9-19(17)20/h1-4,6-9,20-21H,5,10-15H2,(H,27,34)(H,28,30)(H,32,33). The van der Waals surface area contributed by atoms with E-state index in [0.717, 1.165) is 46.5 Å². The van der Waals surface area contributed by atoms with Crippen LogP contribution < -0.4 is 10.7 Å². The Morgan fingerprint density at radius 1 is 1.06 bits per heavy atom. The van der Waals surface area contributed by atoms with Gasteiger partial charge >= 0.3 is 12.1 Å². The molecule has 2 fully saturated rings. The number of hydrazine groups is 1. The quantitative estimate of drug-likeness (QED) is 0.563. The second-order valence-corrected chi connectivity index (χ2v) is 9.57. The summed E-state index contributed by atoms with van der Waals surface area (Å²) in [7, 11) is 0. The summed E-state index contributed by atoms with van der Waals surface area (Å²) in [5, 5.41) is 13.0. The minimum Gasteiger partial charge on any atom is -0.480 e. The lowest BCUT2D eigenvalue weighted by atomic mass is 9.66. The number of rotatable bonds is 7. The van der Waals surface area contributed by atoms with Crippen molar-refractivity contribution < 1.29 is 29.0 Å². The van der Waals surface area contributed by atoms with Gasteiger partial charge in [-0.05, 0) is 40.5 Å². The number of nitrogens with zero attached hydrogens (tertiary/aromatic N) is 1. The van der Waals surface area contributed by atoms with Crippen molar-refractivity contribution in [2.45, 2.75) is 44.1 Å². The number of carbonyl (C=O) groups is 4. The first-order chi connectivity index (χ1) is 16.9. The van der Waals surface area contributed by atoms with Crippen LogP contribution in [0.2, 0.25) is 0 Å². The molecule has 1 saturated heterocycles. The molecule has 0 bridgehead atoms. The Bertz CT molecular complexity index is 1150. The number of alkyl carbamates (subject to hydrolysis) is 1. The van der Waals surface area contributed by atoms with Gasteiger partial charge in [0.05, 0.1) is 6.42 Å². The molecule has 2 aliphatic carbocycles. The third-order valence-electron chi connectivity index (χ3n) is 7.38. The molecule has 3 aliphatic rings. The number of hydrogen-bond acceptors (Lipinski definition) is 5. The van der Waals surface area contributed by atoms with E-state index in [1.807, 2.05) is 24.3 Å². The largest absolute Gasteiger partial charge is 0.480 e. The molecular formula is C26H27N3O6. The van der Waals surface area contributed by atoms with Crippen LogP contribution in [-0.4, -0.2) is 53.2 Å². The summed E-state index contributed by atoms with van der Waals surface area (Å²) in [5.74, 6) is -2.22. The van der Waals surface area contributed by atoms with Crippen molar-refractivity contribution in [1.29, 1.82) is 0 Å². The minimum absolute atomic E-state index is 0.0424. The smallest absolute Gasteiger partial charge is 0.407 e. The number of benzene rings is 2. The van der Waals surface area contributed by atoms with Crippen molar-refractivity contribution in [3.63, 3.8) is 0 Å². The SMILES string of the molecule is O=C1CC(C(=O)O)N(C(=O)CC2(CNC(=O)OCC3c4ccccc4-c4ccccc43)CCC2)N1. The number of carboxylic acid groups (broad SMARTS) is 1. The van der Waals surface area contributed by atoms with Crippen LogP contribution in [0, 0.1) is 5.41 Å². The van der Waals surface area contributed by atoms with E-state index in [2.05, 4.69) is 35.0 Å². The molecule has 9 nitrogen and oxygen atoms in total. The van der Waals surface area contributed by atoms with E-state index in [9.17, 15) is 24.3 Å². The highest BCUT2D eigenvalue weighted by molar-refractivity contribution is 5.93. The van der Waals surface area contributed by atoms with E-state index in [1.165, 1.54) is 0 Å². The maximum Gasteiger partial charge on any atom is 0.407 e. The highest BCUT2D eigenvalue weighted by Gasteiger charge is 2.45. The van der Waals surface area contributed by atoms with Crippen LogP contribution in [0.1, 0.15) is 49.1 Å². The van der Waals surface area contributed by atoms with Crippen molar-refractivity contribution >= 4 is 23.9 Å². The first kappa shape index (κ1) is 22.9. The Balaban J connectivity index is 1.18. The van der Waals surface area contributed by atoms with Crippen LogP contribution in [-0.2, 0) is 19.1 Å². The molecule has 3 amide bonds. The fraction of sp³-hybridized carbons (Fsp3) is 0.385. The highest BCUT2D eigenvalue weighted by atomic mass is 16.5. The van der Waals surface area contributed by atoms with Crippen LogP contribution >= 0.6 is 0 Å². The molecule has 2 aromatic carbocycles. The number of fused-ring (bicyclic) bond motifs is 3. The van der Waals surface area contributed by atoms with E-state index >= 15 is 0 Å². The van der Waals surface area contributed by atoms with Gasteiger partial charge in [-0.2, -0.15) is 0 Å². The van der Waals surface area contributed by atoms with Crippen molar-refractivity contribution in [3.8, 4) is 11.1 Å². The Morgan fingerprint density at radius 2 is 1.69 bits per heavy atom. The zero-order valence-corrected chi connectivity index (χ0v) is 19.2. The third kappa shape index (κ3) is 4.34. The molecule has 1 unspecified atom stereocenters. The monoisotopic (exact) mass is 477 g/mol. The molecule has 0 aromatic heterocycles. The van der Waals surface area contributed by atoms with E-state index in [-0.39, 0.29) is 31.9 Å². The number of carbonyl (C=O) groups excluding carboxylic acids is 3. The number of amides is 3. The summed E-state index contributed by atoms with van der Waals surface area (Å²) in [6.45, 7) is 0.445. The summed E-state index contributed by atoms with van der Waals surface area (Å²) in [6, 6.07) is 15.0. The predicted molar refractivity (Wildman–Crippen MR) is 125 cm³/mol. The van der Waals surface area contributed by atoms with Gasteiger partial charge in [0.15, 0.2) is 6.04 Å². The molecule has 3 N–H and O–H groups in total. The number of nitrogens with one attached hydrogen (secondary N) is 2. The maximum atomic E-state index is 12.8. The lowest BCUT2D eigenvalue weighted by Gasteiger charge is -2.42. The van der Waals surface area contributed by atoms with Gasteiger partial charge in [0.25, 0.3) is 0 Å². The number of hydrogen-bond donors (Lipinski definition) is 3. The molecule has 0 spiro atoms. The molecule has 1 heterocycles. The highest BCUT2D eigenvalue weighted by Crippen LogP contribution is 2.45. The van der Waals surface area contributed by atoms with E-state index in [1.54, 1.807) is 0 Å². The Kier molecular flexibility index (Phi) is 5.92. The number of aliphatic carboxylic acids is 1. The first-order valence-corrected chi connectivity index (χ1v) is 11.8. The number of carboxylic acids is 1. The molecule has 9 heteroatoms. The van der Waals surface area contributed by atoms with E-state index in [4.69, 9.17) is 4.74 Å². The maximum absolute atomic E-state index is 12.8. The summed E-state index contributed by atoms with van der Waals surface area (Å²) in [5.41, 5.74) is 6.42. The number of ether oxygens (including phenoxy) is 1. The molecule has 1 saturated carbocycles. The molecule has 2 aromatic rings. The Hall–Kier alpha value is -3.88. The Morgan fingerprint density at radius 3 is 2.26 bits per heavy atom. The average Bonchev–Trinajstić information content (AvgIpc) is 3.38. The van der Waals surface area contributed by atoms with Crippen LogP contribution in [0.25, 0.3) is 11.1 Å². The zero-order chi connectivity index (χ0) is 24.6. The van der Waals surface area contributed by atoms with Crippen LogP contribution in [0.5, 0.6) is 0 Å². The van der Waals surface area contributed by atoms with Crippen molar-refractivity contribution in [2.24, 2.45) is 5.41 Å². The lowest BCUT2D eigenvalue weighted by molar-refractivity contribution is -0.152. The van der Waals surface area contributed by atoms with Gasteiger partial charge in [-0.3, -0.25) is 15.0 Å². The van der Waals surface area contributed by atoms with E-state index in [0.29, 0.717) is 0 Å². The van der Waals surface area contributed by atoms with Gasteiger partial charge in [0.2, 0.25) is 11.8 Å². The molecular weight excluding hydrogens is 450 g/mol. The van der Waals surface area contributed by atoms with Gasteiger partial charge in [-0.25, -0.2) is 14.6 Å². The fourth-order valence-electron chi connectivity index (χ4n) is 5.37. The van der Waals surface area contributed by atoms with Crippen molar-refractivity contribution in [2.75, 3.05) is 13.2 Å². The average molecular weight is 478 g/mol. The normalized spacial score (nSPS) is 19.8. The summed E-state index contributed by atoms with van der Waals surface area (Å²) < 4.78 is 5.59. The van der Waals surface area contributed by atoms with Crippen molar-refractivity contribution in [1.82, 2.24) is 15.8 Å². The molecule has 0 radical (unpaired) electrons. The second kappa shape index (κ2) is 9.05. The molecule has 5 rings (SSSR count). The van der Waals surface area contributed by atoms with Crippen LogP contribution in [0.4, 0.5) is 4.79 Å². The minimum atomic E-state index is -1.23. The fourth-order valence-corrected chi connectivity index (χ4v) is 5.37. The first-order valence-electron chi connectivity index (χ1n) is 11.8. The summed E-state index contributed by atoms with van der Waals surface area (Å²) in [6.07, 6.45) is 1.59. The van der Waals surface area contributed by atoms with Gasteiger partial charge in [-0.1, -0.05) is 55.0 Å². The van der Waals surface area contributed by atoms with Gasteiger partial charge < -0.3 is 15.2 Å². The predicted octanol–water partition coefficient (Wildman–Crippen LogP) is 2.80. The molecule has 1 atom stereocenters. The molecule has 182 valence electrons. The van der Waals surface area contributed by atoms with Crippen molar-refractivity contribution in [3.05, 3.63) is 59.7 Å². The second-order valence-electron chi connectivity index (χ2n) is 9.57. The van der Waals surface area contributed by atoms with Crippen LogP contribution in [0.15, 0.2) is 48.5 Å². The lowest BCUT2D eigenvalue weighted by Crippen LogP contribution is -2.51. The van der Waals surface area contributed by atoms with E-state index < -0.39 is 35.3 Å². The Labute approximate surface area is 202 Å². The molecule has 1 aliphatic heterocycles. The zero-order valence-electron chi connectivity index (χ0n) is 19.2. The summed E-state index contributed by atoms with van der Waals surface area (Å²) >= 11 is 0. The van der Waals surface area contributed by atoms with Crippen LogP contribution in [0.3, 0.4) is 0 Å². The molecule has 35 heavy (non-hydrogen) atoms. The summed E-state index contributed by atoms with van der Waals surface area (Å²) in [4.78, 5) is 48.4. The van der Waals surface area contributed by atoms with Gasteiger partial charge in [0.1, 0.15) is 6.61 Å². The topological polar surface area (TPSA) is 125 Å². The van der Waals surface area contributed by atoms with Gasteiger partial charge in [0, 0.05) is 18.9 Å². The van der Waals surface area contributed by atoms with Gasteiger partial charge in [-0.15, -0.1) is 0 Å².